The van der Waals surface area contributed by atoms with Gasteiger partial charge in [-0.2, -0.15) is 5.10 Å². The van der Waals surface area contributed by atoms with Crippen molar-refractivity contribution in [3.63, 3.8) is 0 Å². The summed E-state index contributed by atoms with van der Waals surface area (Å²) in [4.78, 5) is 0. The standard InChI is InChI=1S/C8H14N2O2/c1-3-10-7(4-5-9-10)8(11)6-12-2/h4-5,8,11H,3,6H2,1-2H3. The van der Waals surface area contributed by atoms with Crippen LogP contribution < -0.4 is 0 Å². The predicted molar refractivity (Wildman–Crippen MR) is 44.7 cm³/mol. The van der Waals surface area contributed by atoms with E-state index in [1.165, 1.54) is 0 Å². The lowest BCUT2D eigenvalue weighted by molar-refractivity contribution is 0.0587. The van der Waals surface area contributed by atoms with E-state index in [1.807, 2.05) is 6.92 Å². The second-order valence-electron chi connectivity index (χ2n) is 2.54. The van der Waals surface area contributed by atoms with Gasteiger partial charge in [0.15, 0.2) is 0 Å². The molecule has 1 N–H and O–H groups in total. The van der Waals surface area contributed by atoms with E-state index < -0.39 is 6.10 Å². The first kappa shape index (κ1) is 9.22. The van der Waals surface area contributed by atoms with Gasteiger partial charge in [0.1, 0.15) is 6.10 Å². The van der Waals surface area contributed by atoms with Gasteiger partial charge in [-0.3, -0.25) is 4.68 Å². The van der Waals surface area contributed by atoms with Gasteiger partial charge in [0, 0.05) is 19.9 Å². The van der Waals surface area contributed by atoms with Crippen LogP contribution in [0.3, 0.4) is 0 Å². The third-order valence-corrected chi connectivity index (χ3v) is 1.71. The van der Waals surface area contributed by atoms with Crippen molar-refractivity contribution in [3.05, 3.63) is 18.0 Å². The molecule has 0 aliphatic rings. The highest BCUT2D eigenvalue weighted by molar-refractivity contribution is 5.04. The van der Waals surface area contributed by atoms with E-state index in [0.29, 0.717) is 6.61 Å². The number of methoxy groups -OCH3 is 1. The van der Waals surface area contributed by atoms with Gasteiger partial charge in [0.05, 0.1) is 12.3 Å². The van der Waals surface area contributed by atoms with Gasteiger partial charge in [-0.25, -0.2) is 0 Å². The number of rotatable bonds is 4. The average molecular weight is 170 g/mol. The molecule has 0 spiro atoms. The Morgan fingerprint density at radius 1 is 1.75 bits per heavy atom. The van der Waals surface area contributed by atoms with E-state index in [2.05, 4.69) is 5.10 Å². The number of aryl methyl sites for hydroxylation is 1. The fourth-order valence-corrected chi connectivity index (χ4v) is 1.13. The summed E-state index contributed by atoms with van der Waals surface area (Å²) < 4.78 is 6.59. The largest absolute Gasteiger partial charge is 0.384 e. The molecule has 0 saturated heterocycles. The monoisotopic (exact) mass is 170 g/mol. The maximum Gasteiger partial charge on any atom is 0.119 e. The molecule has 68 valence electrons. The Morgan fingerprint density at radius 3 is 3.08 bits per heavy atom. The van der Waals surface area contributed by atoms with Crippen LogP contribution in [0.4, 0.5) is 0 Å². The van der Waals surface area contributed by atoms with E-state index in [9.17, 15) is 5.11 Å². The summed E-state index contributed by atoms with van der Waals surface area (Å²) in [6.07, 6.45) is 1.11. The lowest BCUT2D eigenvalue weighted by Crippen LogP contribution is -2.11. The van der Waals surface area contributed by atoms with Crippen molar-refractivity contribution in [1.82, 2.24) is 9.78 Å². The summed E-state index contributed by atoms with van der Waals surface area (Å²) in [6.45, 7) is 3.06. The Kier molecular flexibility index (Phi) is 3.25. The smallest absolute Gasteiger partial charge is 0.119 e. The highest BCUT2D eigenvalue weighted by Gasteiger charge is 2.11. The fourth-order valence-electron chi connectivity index (χ4n) is 1.13. The second kappa shape index (κ2) is 4.23. The minimum atomic E-state index is -0.572. The predicted octanol–water partition coefficient (Wildman–Crippen LogP) is 0.583. The van der Waals surface area contributed by atoms with E-state index in [1.54, 1.807) is 24.1 Å². The second-order valence-corrected chi connectivity index (χ2v) is 2.54. The molecule has 0 radical (unpaired) electrons. The van der Waals surface area contributed by atoms with Gasteiger partial charge < -0.3 is 9.84 Å². The van der Waals surface area contributed by atoms with Crippen molar-refractivity contribution >= 4 is 0 Å². The minimum Gasteiger partial charge on any atom is -0.384 e. The molecule has 1 aromatic heterocycles. The molecule has 0 aliphatic heterocycles. The van der Waals surface area contributed by atoms with Crippen molar-refractivity contribution in [2.45, 2.75) is 19.6 Å². The molecule has 1 heterocycles. The summed E-state index contributed by atoms with van der Waals surface area (Å²) in [7, 11) is 1.57. The van der Waals surface area contributed by atoms with Crippen molar-refractivity contribution in [2.24, 2.45) is 0 Å². The van der Waals surface area contributed by atoms with Gasteiger partial charge in [-0.1, -0.05) is 0 Å². The van der Waals surface area contributed by atoms with Crippen molar-refractivity contribution in [2.75, 3.05) is 13.7 Å². The van der Waals surface area contributed by atoms with Crippen LogP contribution in [0.1, 0.15) is 18.7 Å². The van der Waals surface area contributed by atoms with Crippen LogP contribution in [-0.4, -0.2) is 28.6 Å². The Hall–Kier alpha value is -0.870. The number of aliphatic hydroxyl groups excluding tert-OH is 1. The highest BCUT2D eigenvalue weighted by atomic mass is 16.5. The summed E-state index contributed by atoms with van der Waals surface area (Å²) in [5.74, 6) is 0. The molecule has 0 bridgehead atoms. The lowest BCUT2D eigenvalue weighted by atomic mass is 10.3. The first-order valence-corrected chi connectivity index (χ1v) is 3.98. The van der Waals surface area contributed by atoms with Crippen molar-refractivity contribution in [3.8, 4) is 0 Å². The Labute approximate surface area is 71.8 Å². The van der Waals surface area contributed by atoms with Crippen LogP contribution in [0.2, 0.25) is 0 Å². The van der Waals surface area contributed by atoms with Crippen LogP contribution in [-0.2, 0) is 11.3 Å². The number of aliphatic hydroxyl groups is 1. The third-order valence-electron chi connectivity index (χ3n) is 1.71. The van der Waals surface area contributed by atoms with Gasteiger partial charge >= 0.3 is 0 Å². The molecule has 1 unspecified atom stereocenters. The SMILES string of the molecule is CCn1nccc1C(O)COC. The molecule has 1 aromatic rings. The minimum absolute atomic E-state index is 0.311. The van der Waals surface area contributed by atoms with Crippen LogP contribution in [0.5, 0.6) is 0 Å². The van der Waals surface area contributed by atoms with Gasteiger partial charge in [0.2, 0.25) is 0 Å². The van der Waals surface area contributed by atoms with Crippen molar-refractivity contribution < 1.29 is 9.84 Å². The third kappa shape index (κ3) is 1.84. The van der Waals surface area contributed by atoms with Gasteiger partial charge in [0.25, 0.3) is 0 Å². The molecule has 0 fully saturated rings. The van der Waals surface area contributed by atoms with Gasteiger partial charge in [-0.05, 0) is 13.0 Å². The van der Waals surface area contributed by atoms with Gasteiger partial charge in [-0.15, -0.1) is 0 Å². The zero-order valence-corrected chi connectivity index (χ0v) is 7.40. The molecule has 0 amide bonds. The Balaban J connectivity index is 2.71. The molecule has 0 aliphatic carbocycles. The normalized spacial score (nSPS) is 13.2. The fraction of sp³-hybridized carbons (Fsp3) is 0.625. The summed E-state index contributed by atoms with van der Waals surface area (Å²) in [5, 5.41) is 13.6. The van der Waals surface area contributed by atoms with E-state index in [0.717, 1.165) is 12.2 Å². The highest BCUT2D eigenvalue weighted by Crippen LogP contribution is 2.11. The molecule has 4 nitrogen and oxygen atoms in total. The maximum absolute atomic E-state index is 9.54. The van der Waals surface area contributed by atoms with Crippen molar-refractivity contribution in [1.29, 1.82) is 0 Å². The summed E-state index contributed by atoms with van der Waals surface area (Å²) in [5.41, 5.74) is 0.805. The number of ether oxygens (including phenoxy) is 1. The zero-order chi connectivity index (χ0) is 8.97. The molecule has 4 heteroatoms. The van der Waals surface area contributed by atoms with E-state index >= 15 is 0 Å². The van der Waals surface area contributed by atoms with Crippen LogP contribution in [0.25, 0.3) is 0 Å². The first-order valence-electron chi connectivity index (χ1n) is 3.98. The molecular weight excluding hydrogens is 156 g/mol. The molecule has 0 aromatic carbocycles. The number of hydrogen-bond acceptors (Lipinski definition) is 3. The molecule has 12 heavy (non-hydrogen) atoms. The summed E-state index contributed by atoms with van der Waals surface area (Å²) in [6, 6.07) is 1.80. The molecule has 1 atom stereocenters. The van der Waals surface area contributed by atoms with E-state index in [-0.39, 0.29) is 0 Å². The Morgan fingerprint density at radius 2 is 2.50 bits per heavy atom. The van der Waals surface area contributed by atoms with Crippen LogP contribution in [0.15, 0.2) is 12.3 Å². The quantitative estimate of drug-likeness (QED) is 0.719. The summed E-state index contributed by atoms with van der Waals surface area (Å²) >= 11 is 0. The molecule has 1 rings (SSSR count). The zero-order valence-electron chi connectivity index (χ0n) is 7.40. The van der Waals surface area contributed by atoms with Crippen LogP contribution in [0, 0.1) is 0 Å². The number of hydrogen-bond donors (Lipinski definition) is 1. The topological polar surface area (TPSA) is 47.3 Å². The lowest BCUT2D eigenvalue weighted by Gasteiger charge is -2.10. The van der Waals surface area contributed by atoms with Crippen LogP contribution >= 0.6 is 0 Å². The number of aromatic nitrogens is 2. The molecular formula is C8H14N2O2. The number of nitrogens with zero attached hydrogens (tertiary/aromatic N) is 2. The average Bonchev–Trinajstić information content (AvgIpc) is 2.51. The first-order chi connectivity index (χ1) is 5.79. The molecule has 0 saturated carbocycles. The van der Waals surface area contributed by atoms with E-state index in [4.69, 9.17) is 4.74 Å². The maximum atomic E-state index is 9.54. The Bertz CT molecular complexity index is 235.